The van der Waals surface area contributed by atoms with Crippen LogP contribution in [0.5, 0.6) is 0 Å². The van der Waals surface area contributed by atoms with Crippen molar-refractivity contribution in [3.8, 4) is 11.1 Å². The second-order valence-electron chi connectivity index (χ2n) is 4.55. The molecule has 19 heavy (non-hydrogen) atoms. The van der Waals surface area contributed by atoms with Crippen LogP contribution in [0.1, 0.15) is 11.1 Å². The van der Waals surface area contributed by atoms with E-state index >= 15 is 0 Å². The quantitative estimate of drug-likeness (QED) is 0.684. The van der Waals surface area contributed by atoms with E-state index in [2.05, 4.69) is 9.24 Å². The summed E-state index contributed by atoms with van der Waals surface area (Å²) in [6, 6.07) is 11.0. The monoisotopic (exact) mass is 294 g/mol. The molecule has 100 valence electrons. The van der Waals surface area contributed by atoms with Gasteiger partial charge in [0, 0.05) is 0 Å². The summed E-state index contributed by atoms with van der Waals surface area (Å²) in [5, 5.41) is 0.982. The van der Waals surface area contributed by atoms with E-state index in [9.17, 15) is 13.0 Å². The van der Waals surface area contributed by atoms with Crippen LogP contribution in [-0.4, -0.2) is 13.0 Å². The Morgan fingerprint density at radius 2 is 1.74 bits per heavy atom. The largest absolute Gasteiger partial charge is 0.294 e. The van der Waals surface area contributed by atoms with Gasteiger partial charge in [-0.05, 0) is 41.9 Å². The summed E-state index contributed by atoms with van der Waals surface area (Å²) in [7, 11) is -1.56. The molecule has 0 heterocycles. The molecule has 1 N–H and O–H groups in total. The lowest BCUT2D eigenvalue weighted by Crippen LogP contribution is -2.03. The maximum atomic E-state index is 11.3. The van der Waals surface area contributed by atoms with Crippen molar-refractivity contribution < 1.29 is 13.0 Å². The second kappa shape index (κ2) is 5.04. The van der Waals surface area contributed by atoms with Gasteiger partial charge in [0.2, 0.25) is 0 Å². The summed E-state index contributed by atoms with van der Waals surface area (Å²) in [6.45, 7) is 3.64. The maximum absolute atomic E-state index is 11.3. The van der Waals surface area contributed by atoms with Crippen molar-refractivity contribution in [3.05, 3.63) is 47.5 Å². The lowest BCUT2D eigenvalue weighted by Gasteiger charge is -2.10. The van der Waals surface area contributed by atoms with Gasteiger partial charge >= 0.3 is 0 Å². The van der Waals surface area contributed by atoms with Crippen LogP contribution in [0.4, 0.5) is 0 Å². The molecule has 0 aliphatic heterocycles. The van der Waals surface area contributed by atoms with E-state index in [0.29, 0.717) is 5.56 Å². The Morgan fingerprint density at radius 1 is 1.05 bits per heavy atom. The zero-order valence-electron chi connectivity index (χ0n) is 10.7. The SMILES string of the molecule is Cc1ccc(P)c(-c2ccc(C)c(S(=O)(=O)O)c2)c1. The molecule has 0 saturated heterocycles. The lowest BCUT2D eigenvalue weighted by atomic mass is 10.0. The molecule has 0 aliphatic rings. The Kier molecular flexibility index (Phi) is 3.77. The van der Waals surface area contributed by atoms with Gasteiger partial charge in [0.05, 0.1) is 4.90 Å². The summed E-state index contributed by atoms with van der Waals surface area (Å²) < 4.78 is 31.9. The molecule has 0 radical (unpaired) electrons. The average molecular weight is 294 g/mol. The summed E-state index contributed by atoms with van der Waals surface area (Å²) in [4.78, 5) is -0.0455. The molecule has 1 unspecified atom stereocenters. The van der Waals surface area contributed by atoms with Crippen LogP contribution >= 0.6 is 9.24 Å². The molecule has 0 aromatic heterocycles. The van der Waals surface area contributed by atoms with E-state index < -0.39 is 10.1 Å². The van der Waals surface area contributed by atoms with E-state index in [-0.39, 0.29) is 4.90 Å². The van der Waals surface area contributed by atoms with E-state index in [4.69, 9.17) is 0 Å². The molecule has 3 nitrogen and oxygen atoms in total. The minimum Gasteiger partial charge on any atom is -0.282 e. The van der Waals surface area contributed by atoms with Crippen molar-refractivity contribution in [3.63, 3.8) is 0 Å². The first-order valence-electron chi connectivity index (χ1n) is 5.73. The fourth-order valence-electron chi connectivity index (χ4n) is 1.97. The third-order valence-electron chi connectivity index (χ3n) is 2.99. The summed E-state index contributed by atoms with van der Waals surface area (Å²) in [5.41, 5.74) is 3.33. The highest BCUT2D eigenvalue weighted by molar-refractivity contribution is 7.85. The predicted molar refractivity (Wildman–Crippen MR) is 80.5 cm³/mol. The van der Waals surface area contributed by atoms with Gasteiger partial charge < -0.3 is 0 Å². The summed E-state index contributed by atoms with van der Waals surface area (Å²) in [5.74, 6) is 0. The fraction of sp³-hybridized carbons (Fsp3) is 0.143. The van der Waals surface area contributed by atoms with Crippen LogP contribution in [0.15, 0.2) is 41.3 Å². The first kappa shape index (κ1) is 14.2. The number of aryl methyl sites for hydroxylation is 2. The Bertz CT molecular complexity index is 736. The van der Waals surface area contributed by atoms with E-state index in [1.807, 2.05) is 31.2 Å². The standard InChI is InChI=1S/C14H15O3PS/c1-9-3-6-13(18)12(7-9)11-5-4-10(2)14(8-11)19(15,16)17/h3-8H,18H2,1-2H3,(H,15,16,17). The zero-order chi connectivity index (χ0) is 14.2. The Balaban J connectivity index is 2.68. The van der Waals surface area contributed by atoms with Gasteiger partial charge in [0.15, 0.2) is 0 Å². The minimum absolute atomic E-state index is 0.0455. The van der Waals surface area contributed by atoms with Crippen molar-refractivity contribution in [1.82, 2.24) is 0 Å². The van der Waals surface area contributed by atoms with Crippen LogP contribution in [0.3, 0.4) is 0 Å². The van der Waals surface area contributed by atoms with Gasteiger partial charge in [0.25, 0.3) is 10.1 Å². The Morgan fingerprint density at radius 3 is 2.37 bits per heavy atom. The molecule has 2 aromatic carbocycles. The molecule has 0 spiro atoms. The van der Waals surface area contributed by atoms with Crippen molar-refractivity contribution in [2.24, 2.45) is 0 Å². The van der Waals surface area contributed by atoms with Crippen molar-refractivity contribution in [2.45, 2.75) is 18.7 Å². The van der Waals surface area contributed by atoms with Gasteiger partial charge in [-0.3, -0.25) is 4.55 Å². The predicted octanol–water partition coefficient (Wildman–Crippen LogP) is 2.72. The molecule has 0 saturated carbocycles. The molecule has 5 heteroatoms. The second-order valence-corrected chi connectivity index (χ2v) is 6.56. The first-order chi connectivity index (χ1) is 8.79. The van der Waals surface area contributed by atoms with Gasteiger partial charge in [-0.15, -0.1) is 9.24 Å². The van der Waals surface area contributed by atoms with Crippen molar-refractivity contribution in [1.29, 1.82) is 0 Å². The Hall–Kier alpha value is -1.22. The molecule has 2 rings (SSSR count). The van der Waals surface area contributed by atoms with Gasteiger partial charge in [-0.25, -0.2) is 0 Å². The topological polar surface area (TPSA) is 54.4 Å². The van der Waals surface area contributed by atoms with Gasteiger partial charge in [0.1, 0.15) is 0 Å². The highest BCUT2D eigenvalue weighted by Gasteiger charge is 2.14. The molecule has 0 fully saturated rings. The first-order valence-corrected chi connectivity index (χ1v) is 7.75. The van der Waals surface area contributed by atoms with Crippen molar-refractivity contribution >= 4 is 24.7 Å². The average Bonchev–Trinajstić information content (AvgIpc) is 2.31. The molecule has 0 amide bonds. The smallest absolute Gasteiger partial charge is 0.282 e. The van der Waals surface area contributed by atoms with E-state index in [0.717, 1.165) is 22.0 Å². The summed E-state index contributed by atoms with van der Waals surface area (Å²) in [6.07, 6.45) is 0. The minimum atomic E-state index is -4.19. The van der Waals surface area contributed by atoms with E-state index in [1.54, 1.807) is 13.0 Å². The zero-order valence-corrected chi connectivity index (χ0v) is 12.7. The summed E-state index contributed by atoms with van der Waals surface area (Å²) >= 11 is 0. The molecule has 0 aliphatic carbocycles. The maximum Gasteiger partial charge on any atom is 0.294 e. The van der Waals surface area contributed by atoms with E-state index in [1.165, 1.54) is 6.07 Å². The third kappa shape index (κ3) is 3.03. The van der Waals surface area contributed by atoms with Gasteiger partial charge in [-0.2, -0.15) is 8.42 Å². The lowest BCUT2D eigenvalue weighted by molar-refractivity contribution is 0.482. The number of rotatable bonds is 2. The third-order valence-corrected chi connectivity index (χ3v) is 4.48. The number of hydrogen-bond donors (Lipinski definition) is 1. The molecular formula is C14H15O3PS. The van der Waals surface area contributed by atoms with Gasteiger partial charge in [-0.1, -0.05) is 35.9 Å². The number of benzene rings is 2. The van der Waals surface area contributed by atoms with Crippen LogP contribution < -0.4 is 5.30 Å². The number of hydrogen-bond acceptors (Lipinski definition) is 2. The molecule has 1 atom stereocenters. The van der Waals surface area contributed by atoms with Crippen LogP contribution in [0, 0.1) is 13.8 Å². The normalized spacial score (nSPS) is 11.6. The van der Waals surface area contributed by atoms with Crippen LogP contribution in [-0.2, 0) is 10.1 Å². The Labute approximate surface area is 115 Å². The highest BCUT2D eigenvalue weighted by Crippen LogP contribution is 2.25. The molecular weight excluding hydrogens is 279 g/mol. The van der Waals surface area contributed by atoms with Crippen molar-refractivity contribution in [2.75, 3.05) is 0 Å². The molecule has 2 aromatic rings. The highest BCUT2D eigenvalue weighted by atomic mass is 32.2. The molecule has 0 bridgehead atoms. The fourth-order valence-corrected chi connectivity index (χ4v) is 3.06. The van der Waals surface area contributed by atoms with Crippen LogP contribution in [0.25, 0.3) is 11.1 Å². The van der Waals surface area contributed by atoms with Crippen LogP contribution in [0.2, 0.25) is 0 Å².